The van der Waals surface area contributed by atoms with Gasteiger partial charge in [0.15, 0.2) is 11.2 Å². The van der Waals surface area contributed by atoms with Crippen LogP contribution in [0.4, 0.5) is 0 Å². The predicted octanol–water partition coefficient (Wildman–Crippen LogP) is 1.68. The molecule has 0 saturated heterocycles. The zero-order valence-corrected chi connectivity index (χ0v) is 16.0. The maximum Gasteiger partial charge on any atom is 0.330 e. The van der Waals surface area contributed by atoms with Crippen LogP contribution in [0.2, 0.25) is 0 Å². The van der Waals surface area contributed by atoms with E-state index < -0.39 is 11.2 Å². The Bertz CT molecular complexity index is 1010. The summed E-state index contributed by atoms with van der Waals surface area (Å²) < 4.78 is 3.42. The van der Waals surface area contributed by atoms with Gasteiger partial charge >= 0.3 is 5.69 Å². The maximum atomic E-state index is 12.4. The standard InChI is InChI=1S/C16H23N7O2S/c1-4-7-8-23-13-12(14(24)19-16(23)25)22(6-3)11(18-13)9-26-15-17-10(5-2)20-21-15/h4-9H2,1-3H3,(H,17,20,21)(H,19,24,25). The number of aryl methyl sites for hydroxylation is 3. The molecule has 3 rings (SSSR count). The first-order valence-corrected chi connectivity index (χ1v) is 9.83. The molecule has 0 spiro atoms. The Morgan fingerprint density at radius 3 is 2.58 bits per heavy atom. The summed E-state index contributed by atoms with van der Waals surface area (Å²) in [4.78, 5) is 36.0. The van der Waals surface area contributed by atoms with Crippen LogP contribution in [-0.2, 0) is 25.3 Å². The van der Waals surface area contributed by atoms with E-state index in [1.165, 1.54) is 11.8 Å². The van der Waals surface area contributed by atoms with Crippen molar-refractivity contribution in [1.29, 1.82) is 0 Å². The van der Waals surface area contributed by atoms with Gasteiger partial charge in [-0.15, -0.1) is 5.10 Å². The third-order valence-electron chi connectivity index (χ3n) is 4.19. The van der Waals surface area contributed by atoms with Crippen LogP contribution in [0.25, 0.3) is 11.2 Å². The first-order chi connectivity index (χ1) is 12.6. The van der Waals surface area contributed by atoms with E-state index in [-0.39, 0.29) is 0 Å². The van der Waals surface area contributed by atoms with Gasteiger partial charge in [0.1, 0.15) is 11.6 Å². The van der Waals surface area contributed by atoms with Crippen molar-refractivity contribution >= 4 is 22.9 Å². The molecule has 0 aromatic carbocycles. The topological polar surface area (TPSA) is 114 Å². The molecule has 0 aliphatic rings. The number of hydrogen-bond donors (Lipinski definition) is 2. The van der Waals surface area contributed by atoms with Crippen LogP contribution in [0.1, 0.15) is 45.3 Å². The second-order valence-electron chi connectivity index (χ2n) is 5.92. The number of nitrogens with zero attached hydrogens (tertiary/aromatic N) is 5. The molecule has 0 bridgehead atoms. The number of hydrogen-bond acceptors (Lipinski definition) is 6. The van der Waals surface area contributed by atoms with Crippen LogP contribution in [-0.4, -0.2) is 34.3 Å². The van der Waals surface area contributed by atoms with E-state index in [4.69, 9.17) is 0 Å². The van der Waals surface area contributed by atoms with Crippen LogP contribution in [0.5, 0.6) is 0 Å². The van der Waals surface area contributed by atoms with Crippen LogP contribution >= 0.6 is 11.8 Å². The molecular weight excluding hydrogens is 354 g/mol. The van der Waals surface area contributed by atoms with E-state index in [9.17, 15) is 9.59 Å². The molecule has 0 aliphatic heterocycles. The molecule has 3 aromatic heterocycles. The summed E-state index contributed by atoms with van der Waals surface area (Å²) in [7, 11) is 0. The van der Waals surface area contributed by atoms with Gasteiger partial charge in [-0.3, -0.25) is 19.4 Å². The summed E-state index contributed by atoms with van der Waals surface area (Å²) in [5.74, 6) is 2.09. The highest BCUT2D eigenvalue weighted by atomic mass is 32.2. The van der Waals surface area contributed by atoms with E-state index in [1.807, 2.05) is 18.4 Å². The lowest BCUT2D eigenvalue weighted by Gasteiger charge is -2.06. The highest BCUT2D eigenvalue weighted by molar-refractivity contribution is 7.98. The summed E-state index contributed by atoms with van der Waals surface area (Å²) in [5, 5.41) is 7.70. The molecule has 26 heavy (non-hydrogen) atoms. The average molecular weight is 377 g/mol. The highest BCUT2D eigenvalue weighted by Gasteiger charge is 2.18. The number of H-pyrrole nitrogens is 2. The lowest BCUT2D eigenvalue weighted by atomic mass is 10.3. The third-order valence-corrected chi connectivity index (χ3v) is 5.04. The summed E-state index contributed by atoms with van der Waals surface area (Å²) in [5.41, 5.74) is 0.101. The lowest BCUT2D eigenvalue weighted by Crippen LogP contribution is -2.31. The fourth-order valence-electron chi connectivity index (χ4n) is 2.82. The molecular formula is C16H23N7O2S. The molecule has 2 N–H and O–H groups in total. The van der Waals surface area contributed by atoms with Gasteiger partial charge in [-0.05, 0) is 13.3 Å². The number of aromatic nitrogens is 7. The zero-order chi connectivity index (χ0) is 18.7. The smallest absolute Gasteiger partial charge is 0.322 e. The van der Waals surface area contributed by atoms with Crippen LogP contribution in [0.3, 0.4) is 0 Å². The Balaban J connectivity index is 2.00. The fourth-order valence-corrected chi connectivity index (χ4v) is 3.59. The fraction of sp³-hybridized carbons (Fsp3) is 0.562. The quantitative estimate of drug-likeness (QED) is 0.577. The second-order valence-corrected chi connectivity index (χ2v) is 6.86. The molecule has 9 nitrogen and oxygen atoms in total. The van der Waals surface area contributed by atoms with E-state index in [0.717, 1.165) is 30.9 Å². The minimum Gasteiger partial charge on any atom is -0.322 e. The minimum atomic E-state index is -0.405. The Morgan fingerprint density at radius 2 is 1.92 bits per heavy atom. The molecule has 140 valence electrons. The molecule has 0 radical (unpaired) electrons. The Labute approximate surface area is 154 Å². The molecule has 3 heterocycles. The third kappa shape index (κ3) is 3.46. The van der Waals surface area contributed by atoms with Gasteiger partial charge in [0.25, 0.3) is 5.56 Å². The Kier molecular flexibility index (Phi) is 5.60. The van der Waals surface area contributed by atoms with Crippen LogP contribution in [0, 0.1) is 0 Å². The van der Waals surface area contributed by atoms with Gasteiger partial charge in [-0.25, -0.2) is 14.8 Å². The Hall–Kier alpha value is -2.36. The van der Waals surface area contributed by atoms with Crippen molar-refractivity contribution in [3.8, 4) is 0 Å². The number of imidazole rings is 1. The number of thioether (sulfide) groups is 1. The van der Waals surface area contributed by atoms with Gasteiger partial charge in [0, 0.05) is 19.5 Å². The first-order valence-electron chi connectivity index (χ1n) is 8.85. The van der Waals surface area contributed by atoms with E-state index in [1.54, 1.807) is 4.57 Å². The number of aromatic amines is 2. The van der Waals surface area contributed by atoms with Gasteiger partial charge < -0.3 is 4.57 Å². The number of nitrogens with one attached hydrogen (secondary N) is 2. The van der Waals surface area contributed by atoms with Gasteiger partial charge in [-0.2, -0.15) is 0 Å². The minimum absolute atomic E-state index is 0.394. The van der Waals surface area contributed by atoms with Crippen molar-refractivity contribution in [2.45, 2.75) is 64.0 Å². The largest absolute Gasteiger partial charge is 0.330 e. The summed E-state index contributed by atoms with van der Waals surface area (Å²) >= 11 is 1.45. The van der Waals surface area contributed by atoms with Crippen molar-refractivity contribution < 1.29 is 0 Å². The molecule has 10 heteroatoms. The lowest BCUT2D eigenvalue weighted by molar-refractivity contribution is 0.613. The predicted molar refractivity (Wildman–Crippen MR) is 101 cm³/mol. The number of fused-ring (bicyclic) bond motifs is 1. The summed E-state index contributed by atoms with van der Waals surface area (Å²) in [6, 6.07) is 0. The van der Waals surface area contributed by atoms with Crippen LogP contribution < -0.4 is 11.2 Å². The normalized spacial score (nSPS) is 11.5. The van der Waals surface area contributed by atoms with Crippen molar-refractivity contribution in [3.05, 3.63) is 32.5 Å². The highest BCUT2D eigenvalue weighted by Crippen LogP contribution is 2.21. The summed E-state index contributed by atoms with van der Waals surface area (Å²) in [6.45, 7) is 7.15. The second kappa shape index (κ2) is 7.90. The molecule has 3 aromatic rings. The maximum absolute atomic E-state index is 12.4. The molecule has 0 amide bonds. The van der Waals surface area contributed by atoms with E-state index >= 15 is 0 Å². The SMILES string of the molecule is CCCCn1c(=O)[nH]c(=O)c2c1nc(CSc1n[nH]c(CC)n1)n2CC. The van der Waals surface area contributed by atoms with Crippen molar-refractivity contribution in [2.75, 3.05) is 0 Å². The Morgan fingerprint density at radius 1 is 1.12 bits per heavy atom. The van der Waals surface area contributed by atoms with Crippen molar-refractivity contribution in [3.63, 3.8) is 0 Å². The number of unbranched alkanes of at least 4 members (excludes halogenated alkanes) is 1. The van der Waals surface area contributed by atoms with Crippen molar-refractivity contribution in [2.24, 2.45) is 0 Å². The van der Waals surface area contributed by atoms with E-state index in [0.29, 0.717) is 35.2 Å². The molecule has 0 saturated carbocycles. The van der Waals surface area contributed by atoms with Gasteiger partial charge in [0.05, 0.1) is 5.75 Å². The molecule has 0 aliphatic carbocycles. The molecule has 0 fully saturated rings. The zero-order valence-electron chi connectivity index (χ0n) is 15.2. The molecule has 0 atom stereocenters. The molecule has 0 unspecified atom stereocenters. The number of rotatable bonds is 8. The van der Waals surface area contributed by atoms with Gasteiger partial charge in [-0.1, -0.05) is 32.0 Å². The van der Waals surface area contributed by atoms with Gasteiger partial charge in [0.2, 0.25) is 5.16 Å². The average Bonchev–Trinajstić information content (AvgIpc) is 3.23. The summed E-state index contributed by atoms with van der Waals surface area (Å²) in [6.07, 6.45) is 2.59. The van der Waals surface area contributed by atoms with Crippen molar-refractivity contribution in [1.82, 2.24) is 34.3 Å². The van der Waals surface area contributed by atoms with E-state index in [2.05, 4.69) is 32.1 Å². The van der Waals surface area contributed by atoms with Crippen LogP contribution in [0.15, 0.2) is 14.7 Å². The first kappa shape index (κ1) is 18.4. The monoisotopic (exact) mass is 377 g/mol.